The average Bonchev–Trinajstić information content (AvgIpc) is 2.35. The zero-order chi connectivity index (χ0) is 13.3. The van der Waals surface area contributed by atoms with E-state index in [0.717, 1.165) is 19.6 Å². The Morgan fingerprint density at radius 2 is 2.17 bits per heavy atom. The predicted molar refractivity (Wildman–Crippen MR) is 73.9 cm³/mol. The summed E-state index contributed by atoms with van der Waals surface area (Å²) in [5.74, 6) is -0.0350. The molecule has 0 aliphatic carbocycles. The van der Waals surface area contributed by atoms with E-state index in [9.17, 15) is 4.79 Å². The topological polar surface area (TPSA) is 49.6 Å². The molecule has 18 heavy (non-hydrogen) atoms. The molecule has 1 saturated heterocycles. The second kappa shape index (κ2) is 5.16. The number of rotatable bonds is 1. The minimum Gasteiger partial charge on any atom is -0.398 e. The van der Waals surface area contributed by atoms with Crippen LogP contribution in [0.15, 0.2) is 18.2 Å². The molecule has 1 amide bonds. The van der Waals surface area contributed by atoms with Gasteiger partial charge in [-0.15, -0.1) is 0 Å². The van der Waals surface area contributed by atoms with Crippen molar-refractivity contribution in [3.8, 4) is 0 Å². The highest BCUT2D eigenvalue weighted by Crippen LogP contribution is 2.25. The van der Waals surface area contributed by atoms with Crippen LogP contribution in [0.3, 0.4) is 0 Å². The number of anilines is 1. The normalized spacial score (nSPS) is 21.1. The van der Waals surface area contributed by atoms with Crippen molar-refractivity contribution >= 4 is 23.2 Å². The summed E-state index contributed by atoms with van der Waals surface area (Å²) in [6.07, 6.45) is 0. The van der Waals surface area contributed by atoms with Gasteiger partial charge in [0.2, 0.25) is 0 Å². The molecule has 0 bridgehead atoms. The van der Waals surface area contributed by atoms with E-state index in [1.165, 1.54) is 0 Å². The van der Waals surface area contributed by atoms with Crippen LogP contribution in [-0.2, 0) is 0 Å². The molecular weight excluding hydrogens is 250 g/mol. The van der Waals surface area contributed by atoms with Gasteiger partial charge in [0.1, 0.15) is 0 Å². The van der Waals surface area contributed by atoms with Crippen LogP contribution in [-0.4, -0.2) is 48.4 Å². The number of carbonyl (C=O) groups is 1. The van der Waals surface area contributed by atoms with Gasteiger partial charge in [-0.2, -0.15) is 0 Å². The van der Waals surface area contributed by atoms with E-state index >= 15 is 0 Å². The molecule has 0 radical (unpaired) electrons. The number of benzene rings is 1. The largest absolute Gasteiger partial charge is 0.398 e. The van der Waals surface area contributed by atoms with E-state index in [2.05, 4.69) is 18.9 Å². The summed E-state index contributed by atoms with van der Waals surface area (Å²) in [4.78, 5) is 16.5. The van der Waals surface area contributed by atoms with Gasteiger partial charge in [0.15, 0.2) is 0 Å². The SMILES string of the molecule is CC1CN(C(=O)c2cccc(N)c2Cl)CCN1C. The molecule has 1 unspecified atom stereocenters. The Bertz CT molecular complexity index is 464. The van der Waals surface area contributed by atoms with Crippen molar-refractivity contribution in [1.82, 2.24) is 9.80 Å². The molecule has 98 valence electrons. The van der Waals surface area contributed by atoms with Gasteiger partial charge in [-0.1, -0.05) is 17.7 Å². The van der Waals surface area contributed by atoms with Crippen molar-refractivity contribution in [2.75, 3.05) is 32.4 Å². The first-order valence-electron chi connectivity index (χ1n) is 6.04. The molecule has 1 heterocycles. The van der Waals surface area contributed by atoms with Crippen LogP contribution in [0.1, 0.15) is 17.3 Å². The summed E-state index contributed by atoms with van der Waals surface area (Å²) >= 11 is 6.09. The van der Waals surface area contributed by atoms with Crippen molar-refractivity contribution in [3.05, 3.63) is 28.8 Å². The van der Waals surface area contributed by atoms with Crippen LogP contribution in [0.2, 0.25) is 5.02 Å². The summed E-state index contributed by atoms with van der Waals surface area (Å²) in [6, 6.07) is 5.55. The first kappa shape index (κ1) is 13.2. The molecular formula is C13H18ClN3O. The van der Waals surface area contributed by atoms with Crippen molar-refractivity contribution < 1.29 is 4.79 Å². The molecule has 1 atom stereocenters. The lowest BCUT2D eigenvalue weighted by Gasteiger charge is -2.37. The van der Waals surface area contributed by atoms with Crippen LogP contribution < -0.4 is 5.73 Å². The first-order chi connectivity index (χ1) is 8.50. The number of piperazine rings is 1. The molecule has 5 heteroatoms. The van der Waals surface area contributed by atoms with E-state index in [-0.39, 0.29) is 5.91 Å². The minimum atomic E-state index is -0.0350. The van der Waals surface area contributed by atoms with Gasteiger partial charge < -0.3 is 15.5 Å². The highest BCUT2D eigenvalue weighted by Gasteiger charge is 2.26. The van der Waals surface area contributed by atoms with E-state index < -0.39 is 0 Å². The molecule has 2 rings (SSSR count). The number of amides is 1. The van der Waals surface area contributed by atoms with Gasteiger partial charge in [-0.3, -0.25) is 4.79 Å². The fourth-order valence-corrected chi connectivity index (χ4v) is 2.33. The fourth-order valence-electron chi connectivity index (χ4n) is 2.12. The third kappa shape index (κ3) is 2.44. The number of hydrogen-bond donors (Lipinski definition) is 1. The minimum absolute atomic E-state index is 0.0350. The van der Waals surface area contributed by atoms with E-state index in [0.29, 0.717) is 22.3 Å². The average molecular weight is 268 g/mol. The van der Waals surface area contributed by atoms with Gasteiger partial charge in [0, 0.05) is 25.7 Å². The second-order valence-electron chi connectivity index (χ2n) is 4.79. The highest BCUT2D eigenvalue weighted by molar-refractivity contribution is 6.36. The maximum atomic E-state index is 12.4. The number of halogens is 1. The van der Waals surface area contributed by atoms with Crippen LogP contribution >= 0.6 is 11.6 Å². The van der Waals surface area contributed by atoms with E-state index in [1.807, 2.05) is 4.90 Å². The zero-order valence-electron chi connectivity index (χ0n) is 10.7. The Morgan fingerprint density at radius 1 is 1.44 bits per heavy atom. The summed E-state index contributed by atoms with van der Waals surface area (Å²) < 4.78 is 0. The lowest BCUT2D eigenvalue weighted by atomic mass is 10.1. The molecule has 1 aliphatic heterocycles. The van der Waals surface area contributed by atoms with E-state index in [4.69, 9.17) is 17.3 Å². The van der Waals surface area contributed by atoms with Crippen molar-refractivity contribution in [1.29, 1.82) is 0 Å². The van der Waals surface area contributed by atoms with Crippen LogP contribution in [0, 0.1) is 0 Å². The Labute approximate surface area is 112 Å². The number of nitrogens with zero attached hydrogens (tertiary/aromatic N) is 2. The Kier molecular flexibility index (Phi) is 3.78. The Morgan fingerprint density at radius 3 is 2.83 bits per heavy atom. The summed E-state index contributed by atoms with van der Waals surface area (Å²) in [5.41, 5.74) is 6.67. The zero-order valence-corrected chi connectivity index (χ0v) is 11.4. The molecule has 2 N–H and O–H groups in total. The number of carbonyl (C=O) groups excluding carboxylic acids is 1. The van der Waals surface area contributed by atoms with Gasteiger partial charge in [-0.05, 0) is 26.1 Å². The van der Waals surface area contributed by atoms with E-state index in [1.54, 1.807) is 18.2 Å². The van der Waals surface area contributed by atoms with Gasteiger partial charge in [0.05, 0.1) is 16.3 Å². The van der Waals surface area contributed by atoms with Crippen LogP contribution in [0.4, 0.5) is 5.69 Å². The number of nitrogens with two attached hydrogens (primary N) is 1. The summed E-state index contributed by atoms with van der Waals surface area (Å²) in [6.45, 7) is 4.44. The smallest absolute Gasteiger partial charge is 0.255 e. The summed E-state index contributed by atoms with van der Waals surface area (Å²) in [5, 5.41) is 0.356. The van der Waals surface area contributed by atoms with Crippen molar-refractivity contribution in [3.63, 3.8) is 0 Å². The van der Waals surface area contributed by atoms with Gasteiger partial charge in [-0.25, -0.2) is 0 Å². The quantitative estimate of drug-likeness (QED) is 0.788. The summed E-state index contributed by atoms with van der Waals surface area (Å²) in [7, 11) is 2.07. The third-order valence-electron chi connectivity index (χ3n) is 3.51. The lowest BCUT2D eigenvalue weighted by molar-refractivity contribution is 0.0572. The molecule has 1 fully saturated rings. The Balaban J connectivity index is 2.19. The second-order valence-corrected chi connectivity index (χ2v) is 5.17. The molecule has 0 saturated carbocycles. The first-order valence-corrected chi connectivity index (χ1v) is 6.42. The molecule has 4 nitrogen and oxygen atoms in total. The molecule has 1 aromatic rings. The number of likely N-dealkylation sites (N-methyl/N-ethyl adjacent to an activating group) is 1. The highest BCUT2D eigenvalue weighted by atomic mass is 35.5. The number of nitrogen functional groups attached to an aromatic ring is 1. The Hall–Kier alpha value is -1.26. The van der Waals surface area contributed by atoms with Gasteiger partial charge in [0.25, 0.3) is 5.91 Å². The predicted octanol–water partition coefficient (Wildman–Crippen LogP) is 1.70. The standard InChI is InChI=1S/C13H18ClN3O/c1-9-8-17(7-6-16(9)2)13(18)10-4-3-5-11(15)12(10)14/h3-5,9H,6-8,15H2,1-2H3. The molecule has 1 aromatic carbocycles. The molecule has 1 aliphatic rings. The maximum Gasteiger partial charge on any atom is 0.255 e. The fraction of sp³-hybridized carbons (Fsp3) is 0.462. The van der Waals surface area contributed by atoms with Crippen LogP contribution in [0.5, 0.6) is 0 Å². The molecule has 0 aromatic heterocycles. The maximum absolute atomic E-state index is 12.4. The van der Waals surface area contributed by atoms with Crippen molar-refractivity contribution in [2.24, 2.45) is 0 Å². The monoisotopic (exact) mass is 267 g/mol. The number of hydrogen-bond acceptors (Lipinski definition) is 3. The third-order valence-corrected chi connectivity index (χ3v) is 3.93. The van der Waals surface area contributed by atoms with Gasteiger partial charge >= 0.3 is 0 Å². The lowest BCUT2D eigenvalue weighted by Crippen LogP contribution is -2.52. The van der Waals surface area contributed by atoms with Crippen LogP contribution in [0.25, 0.3) is 0 Å². The van der Waals surface area contributed by atoms with Crippen molar-refractivity contribution in [2.45, 2.75) is 13.0 Å². The molecule has 0 spiro atoms.